The van der Waals surface area contributed by atoms with Crippen LogP contribution in [0.3, 0.4) is 0 Å². The summed E-state index contributed by atoms with van der Waals surface area (Å²) in [6, 6.07) is 14.9. The molecule has 2 amide bonds. The standard InChI is InChI=1S/C21H19BrN6O2/c22-18-8-1-15(2-9-18)3-10-19(29)27-11-13-28(14-12-27)21(30)17-6-4-16(5-7-17)20-23-25-26-24-20/h1-10H,11-14H2,(H,23,24,25,26). The Balaban J connectivity index is 1.32. The summed E-state index contributed by atoms with van der Waals surface area (Å²) in [5.41, 5.74) is 2.34. The SMILES string of the molecule is O=C(C=Cc1ccc(Br)cc1)N1CCN(C(=O)c2ccc(-c3nn[nH]n3)cc2)CC1. The van der Waals surface area contributed by atoms with Gasteiger partial charge in [-0.05, 0) is 41.1 Å². The molecule has 1 aromatic heterocycles. The average molecular weight is 467 g/mol. The third kappa shape index (κ3) is 4.62. The maximum atomic E-state index is 12.8. The van der Waals surface area contributed by atoms with E-state index in [1.807, 2.05) is 24.3 Å². The molecule has 1 aliphatic rings. The van der Waals surface area contributed by atoms with E-state index < -0.39 is 0 Å². The van der Waals surface area contributed by atoms with E-state index >= 15 is 0 Å². The number of rotatable bonds is 4. The van der Waals surface area contributed by atoms with Crippen molar-refractivity contribution in [2.75, 3.05) is 26.2 Å². The summed E-state index contributed by atoms with van der Waals surface area (Å²) in [7, 11) is 0. The van der Waals surface area contributed by atoms with Gasteiger partial charge in [-0.2, -0.15) is 5.21 Å². The van der Waals surface area contributed by atoms with E-state index in [4.69, 9.17) is 0 Å². The lowest BCUT2D eigenvalue weighted by atomic mass is 10.1. The zero-order valence-electron chi connectivity index (χ0n) is 16.0. The number of carbonyl (C=O) groups excluding carboxylic acids is 2. The van der Waals surface area contributed by atoms with E-state index in [0.717, 1.165) is 15.6 Å². The second-order valence-electron chi connectivity index (χ2n) is 6.82. The molecule has 0 radical (unpaired) electrons. The van der Waals surface area contributed by atoms with Crippen LogP contribution in [0, 0.1) is 0 Å². The van der Waals surface area contributed by atoms with Crippen LogP contribution in [0.15, 0.2) is 59.1 Å². The smallest absolute Gasteiger partial charge is 0.253 e. The van der Waals surface area contributed by atoms with Gasteiger partial charge in [0, 0.05) is 47.9 Å². The Morgan fingerprint density at radius 2 is 1.60 bits per heavy atom. The Labute approximate surface area is 181 Å². The molecule has 0 spiro atoms. The number of H-pyrrole nitrogens is 1. The number of piperazine rings is 1. The highest BCUT2D eigenvalue weighted by atomic mass is 79.9. The van der Waals surface area contributed by atoms with Gasteiger partial charge in [-0.25, -0.2) is 0 Å². The molecular weight excluding hydrogens is 448 g/mol. The molecule has 1 N–H and O–H groups in total. The zero-order chi connectivity index (χ0) is 20.9. The minimum atomic E-state index is -0.0489. The number of nitrogens with zero attached hydrogens (tertiary/aromatic N) is 5. The fraction of sp³-hybridized carbons (Fsp3) is 0.190. The van der Waals surface area contributed by atoms with Crippen molar-refractivity contribution in [2.45, 2.75) is 0 Å². The van der Waals surface area contributed by atoms with E-state index in [0.29, 0.717) is 37.6 Å². The number of tetrazole rings is 1. The highest BCUT2D eigenvalue weighted by Crippen LogP contribution is 2.16. The Bertz CT molecular complexity index is 1040. The van der Waals surface area contributed by atoms with Crippen LogP contribution in [-0.2, 0) is 4.79 Å². The van der Waals surface area contributed by atoms with Gasteiger partial charge in [0.25, 0.3) is 5.91 Å². The van der Waals surface area contributed by atoms with Crippen molar-refractivity contribution in [3.63, 3.8) is 0 Å². The molecule has 8 nitrogen and oxygen atoms in total. The summed E-state index contributed by atoms with van der Waals surface area (Å²) in [6.07, 6.45) is 3.38. The first-order valence-electron chi connectivity index (χ1n) is 9.46. The quantitative estimate of drug-likeness (QED) is 0.596. The first kappa shape index (κ1) is 20.0. The Kier molecular flexibility index (Phi) is 5.99. The van der Waals surface area contributed by atoms with E-state index in [1.54, 1.807) is 46.2 Å². The van der Waals surface area contributed by atoms with Gasteiger partial charge >= 0.3 is 0 Å². The Hall–Kier alpha value is -3.33. The Morgan fingerprint density at radius 1 is 0.933 bits per heavy atom. The second-order valence-corrected chi connectivity index (χ2v) is 7.73. The molecule has 152 valence electrons. The first-order valence-corrected chi connectivity index (χ1v) is 10.3. The van der Waals surface area contributed by atoms with Gasteiger partial charge < -0.3 is 9.80 Å². The van der Waals surface area contributed by atoms with E-state index in [-0.39, 0.29) is 11.8 Å². The summed E-state index contributed by atoms with van der Waals surface area (Å²) in [6.45, 7) is 2.03. The van der Waals surface area contributed by atoms with Gasteiger partial charge in [0.1, 0.15) is 0 Å². The van der Waals surface area contributed by atoms with Crippen molar-refractivity contribution >= 4 is 33.8 Å². The number of hydrogen-bond acceptors (Lipinski definition) is 5. The number of nitrogens with one attached hydrogen (secondary N) is 1. The lowest BCUT2D eigenvalue weighted by Gasteiger charge is -2.34. The molecule has 3 aromatic rings. The van der Waals surface area contributed by atoms with Crippen molar-refractivity contribution in [3.05, 3.63) is 70.2 Å². The molecule has 4 rings (SSSR count). The van der Waals surface area contributed by atoms with Crippen LogP contribution in [0.1, 0.15) is 15.9 Å². The van der Waals surface area contributed by atoms with E-state index in [2.05, 4.69) is 36.6 Å². The summed E-state index contributed by atoms with van der Waals surface area (Å²) in [4.78, 5) is 28.7. The molecule has 1 aliphatic heterocycles. The number of amides is 2. The van der Waals surface area contributed by atoms with Gasteiger partial charge in [-0.1, -0.05) is 40.2 Å². The molecule has 2 aromatic carbocycles. The summed E-state index contributed by atoms with van der Waals surface area (Å²) in [5.74, 6) is 0.388. The van der Waals surface area contributed by atoms with Gasteiger partial charge in [-0.15, -0.1) is 10.2 Å². The highest BCUT2D eigenvalue weighted by Gasteiger charge is 2.24. The number of carbonyl (C=O) groups is 2. The minimum absolute atomic E-state index is 0.0468. The van der Waals surface area contributed by atoms with Crippen molar-refractivity contribution in [1.29, 1.82) is 0 Å². The van der Waals surface area contributed by atoms with E-state index in [1.165, 1.54) is 0 Å². The van der Waals surface area contributed by atoms with Crippen molar-refractivity contribution in [2.24, 2.45) is 0 Å². The molecular formula is C21H19BrN6O2. The van der Waals surface area contributed by atoms with Gasteiger partial charge in [0.15, 0.2) is 0 Å². The lowest BCUT2D eigenvalue weighted by Crippen LogP contribution is -2.50. The average Bonchev–Trinajstić information content (AvgIpc) is 3.33. The minimum Gasteiger partial charge on any atom is -0.336 e. The van der Waals surface area contributed by atoms with Gasteiger partial charge in [0.05, 0.1) is 0 Å². The molecule has 0 bridgehead atoms. The van der Waals surface area contributed by atoms with Crippen LogP contribution in [0.5, 0.6) is 0 Å². The molecule has 1 fully saturated rings. The molecule has 9 heteroatoms. The molecule has 0 unspecified atom stereocenters. The monoisotopic (exact) mass is 466 g/mol. The van der Waals surface area contributed by atoms with Crippen LogP contribution < -0.4 is 0 Å². The first-order chi connectivity index (χ1) is 14.6. The number of aromatic amines is 1. The molecule has 30 heavy (non-hydrogen) atoms. The van der Waals surface area contributed by atoms with Crippen LogP contribution >= 0.6 is 15.9 Å². The van der Waals surface area contributed by atoms with Crippen LogP contribution in [0.2, 0.25) is 0 Å². The molecule has 2 heterocycles. The van der Waals surface area contributed by atoms with Crippen molar-refractivity contribution in [1.82, 2.24) is 30.4 Å². The number of benzene rings is 2. The summed E-state index contributed by atoms with van der Waals surface area (Å²) in [5, 5.41) is 13.8. The zero-order valence-corrected chi connectivity index (χ0v) is 17.6. The predicted octanol–water partition coefficient (Wildman–Crippen LogP) is 2.63. The van der Waals surface area contributed by atoms with Crippen molar-refractivity contribution in [3.8, 4) is 11.4 Å². The fourth-order valence-corrected chi connectivity index (χ4v) is 3.47. The predicted molar refractivity (Wildman–Crippen MR) is 115 cm³/mol. The largest absolute Gasteiger partial charge is 0.336 e. The van der Waals surface area contributed by atoms with Crippen molar-refractivity contribution < 1.29 is 9.59 Å². The second kappa shape index (κ2) is 9.00. The summed E-state index contributed by atoms with van der Waals surface area (Å²) < 4.78 is 0.996. The van der Waals surface area contributed by atoms with Crippen LogP contribution in [-0.4, -0.2) is 68.4 Å². The maximum Gasteiger partial charge on any atom is 0.253 e. The normalized spacial score (nSPS) is 14.3. The van der Waals surface area contributed by atoms with E-state index in [9.17, 15) is 9.59 Å². The Morgan fingerprint density at radius 3 is 2.23 bits per heavy atom. The highest BCUT2D eigenvalue weighted by molar-refractivity contribution is 9.10. The molecule has 1 saturated heterocycles. The topological polar surface area (TPSA) is 95.1 Å². The maximum absolute atomic E-state index is 12.8. The van der Waals surface area contributed by atoms with Gasteiger partial charge in [0.2, 0.25) is 11.7 Å². The van der Waals surface area contributed by atoms with Crippen LogP contribution in [0.4, 0.5) is 0 Å². The number of hydrogen-bond donors (Lipinski definition) is 1. The van der Waals surface area contributed by atoms with Gasteiger partial charge in [-0.3, -0.25) is 9.59 Å². The fourth-order valence-electron chi connectivity index (χ4n) is 3.21. The molecule has 0 atom stereocenters. The third-order valence-electron chi connectivity index (χ3n) is 4.90. The number of aromatic nitrogens is 4. The van der Waals surface area contributed by atoms with Crippen LogP contribution in [0.25, 0.3) is 17.5 Å². The lowest BCUT2D eigenvalue weighted by molar-refractivity contribution is -0.127. The number of halogens is 1. The molecule has 0 aliphatic carbocycles. The summed E-state index contributed by atoms with van der Waals surface area (Å²) >= 11 is 3.39. The molecule has 0 saturated carbocycles. The third-order valence-corrected chi connectivity index (χ3v) is 5.43.